The number of hydrogen-bond acceptors (Lipinski definition) is 3. The minimum absolute atomic E-state index is 0.120. The summed E-state index contributed by atoms with van der Waals surface area (Å²) in [4.78, 5) is 5.91. The molecule has 8 heteroatoms. The molecule has 20 heavy (non-hydrogen) atoms. The number of imidazole rings is 1. The van der Waals surface area contributed by atoms with E-state index in [4.69, 9.17) is 0 Å². The van der Waals surface area contributed by atoms with Gasteiger partial charge in [0.25, 0.3) is 0 Å². The second-order valence-corrected chi connectivity index (χ2v) is 6.26. The van der Waals surface area contributed by atoms with Gasteiger partial charge in [-0.25, -0.2) is 13.4 Å². The quantitative estimate of drug-likeness (QED) is 0.948. The summed E-state index contributed by atoms with van der Waals surface area (Å²) < 4.78 is 63.2. The van der Waals surface area contributed by atoms with Gasteiger partial charge >= 0.3 is 6.18 Å². The highest BCUT2D eigenvalue weighted by molar-refractivity contribution is 7.91. The van der Waals surface area contributed by atoms with Crippen LogP contribution in [0.15, 0.2) is 35.5 Å². The lowest BCUT2D eigenvalue weighted by atomic mass is 10.1. The molecular formula is C12H11F3N2O2S. The maximum absolute atomic E-state index is 13.1. The third kappa shape index (κ3) is 2.55. The molecular weight excluding hydrogens is 293 g/mol. The van der Waals surface area contributed by atoms with Gasteiger partial charge in [-0.1, -0.05) is 13.0 Å². The number of aromatic amines is 1. The maximum atomic E-state index is 13.1. The van der Waals surface area contributed by atoms with Gasteiger partial charge in [0.15, 0.2) is 9.84 Å². The zero-order valence-corrected chi connectivity index (χ0v) is 11.2. The molecule has 2 rings (SSSR count). The fourth-order valence-corrected chi connectivity index (χ4v) is 2.94. The molecule has 0 unspecified atom stereocenters. The van der Waals surface area contributed by atoms with Gasteiger partial charge in [-0.3, -0.25) is 0 Å². The Morgan fingerprint density at radius 1 is 1.30 bits per heavy atom. The van der Waals surface area contributed by atoms with Crippen molar-refractivity contribution in [1.29, 1.82) is 0 Å². The Balaban J connectivity index is 2.84. The number of hydrogen-bond donors (Lipinski definition) is 1. The first-order valence-electron chi connectivity index (χ1n) is 5.70. The molecule has 1 heterocycles. The van der Waals surface area contributed by atoms with E-state index in [0.29, 0.717) is 0 Å². The van der Waals surface area contributed by atoms with Crippen molar-refractivity contribution in [3.8, 4) is 11.4 Å². The lowest BCUT2D eigenvalue weighted by molar-refractivity contribution is -0.137. The van der Waals surface area contributed by atoms with Gasteiger partial charge in [-0.05, 0) is 12.1 Å². The molecule has 0 spiro atoms. The summed E-state index contributed by atoms with van der Waals surface area (Å²) in [6.07, 6.45) is -2.06. The van der Waals surface area contributed by atoms with Crippen LogP contribution in [0, 0.1) is 0 Å². The van der Waals surface area contributed by atoms with E-state index in [0.717, 1.165) is 18.2 Å². The van der Waals surface area contributed by atoms with E-state index in [1.807, 2.05) is 0 Å². The van der Waals surface area contributed by atoms with Crippen molar-refractivity contribution in [2.24, 2.45) is 0 Å². The van der Waals surface area contributed by atoms with Crippen LogP contribution < -0.4 is 0 Å². The van der Waals surface area contributed by atoms with Crippen LogP contribution in [-0.4, -0.2) is 24.1 Å². The molecule has 0 atom stereocenters. The number of alkyl halides is 3. The lowest BCUT2D eigenvalue weighted by Crippen LogP contribution is -2.13. The van der Waals surface area contributed by atoms with Crippen molar-refractivity contribution in [2.45, 2.75) is 18.0 Å². The second-order valence-electron chi connectivity index (χ2n) is 4.02. The van der Waals surface area contributed by atoms with E-state index in [9.17, 15) is 21.6 Å². The number of sulfone groups is 1. The Morgan fingerprint density at radius 2 is 2.00 bits per heavy atom. The SMILES string of the molecule is CCS(=O)(=O)c1cccc(C(F)(F)F)c1-c1ncc[nH]1. The van der Waals surface area contributed by atoms with E-state index in [-0.39, 0.29) is 16.5 Å². The molecule has 1 aromatic carbocycles. The van der Waals surface area contributed by atoms with Crippen LogP contribution in [0.25, 0.3) is 11.4 Å². The van der Waals surface area contributed by atoms with Gasteiger partial charge in [0.2, 0.25) is 0 Å². The number of aromatic nitrogens is 2. The van der Waals surface area contributed by atoms with Crippen molar-refractivity contribution in [1.82, 2.24) is 9.97 Å². The Labute approximate surface area is 113 Å². The first-order chi connectivity index (χ1) is 9.27. The molecule has 1 aromatic heterocycles. The highest BCUT2D eigenvalue weighted by Gasteiger charge is 2.37. The molecule has 0 bridgehead atoms. The number of nitrogens with zero attached hydrogens (tertiary/aromatic N) is 1. The molecule has 0 aliphatic carbocycles. The van der Waals surface area contributed by atoms with Crippen molar-refractivity contribution < 1.29 is 21.6 Å². The lowest BCUT2D eigenvalue weighted by Gasteiger charge is -2.15. The average molecular weight is 304 g/mol. The smallest absolute Gasteiger partial charge is 0.345 e. The zero-order chi connectivity index (χ0) is 15.0. The van der Waals surface area contributed by atoms with Crippen LogP contribution in [-0.2, 0) is 16.0 Å². The fraction of sp³-hybridized carbons (Fsp3) is 0.250. The van der Waals surface area contributed by atoms with Crippen LogP contribution in [0.2, 0.25) is 0 Å². The summed E-state index contributed by atoms with van der Waals surface area (Å²) >= 11 is 0. The molecule has 0 fully saturated rings. The van der Waals surface area contributed by atoms with E-state index >= 15 is 0 Å². The monoisotopic (exact) mass is 304 g/mol. The van der Waals surface area contributed by atoms with Gasteiger partial charge in [0.1, 0.15) is 5.82 Å². The highest BCUT2D eigenvalue weighted by atomic mass is 32.2. The summed E-state index contributed by atoms with van der Waals surface area (Å²) in [5.74, 6) is -0.410. The molecule has 1 N–H and O–H groups in total. The van der Waals surface area contributed by atoms with Gasteiger partial charge in [-0.15, -0.1) is 0 Å². The van der Waals surface area contributed by atoms with E-state index in [1.165, 1.54) is 19.3 Å². The van der Waals surface area contributed by atoms with Gasteiger partial charge < -0.3 is 4.98 Å². The molecule has 108 valence electrons. The molecule has 0 saturated carbocycles. The maximum Gasteiger partial charge on any atom is 0.417 e. The second kappa shape index (κ2) is 4.93. The number of nitrogens with one attached hydrogen (secondary N) is 1. The van der Waals surface area contributed by atoms with Crippen LogP contribution in [0.3, 0.4) is 0 Å². The van der Waals surface area contributed by atoms with Crippen LogP contribution in [0.4, 0.5) is 13.2 Å². The van der Waals surface area contributed by atoms with E-state index in [2.05, 4.69) is 9.97 Å². The highest BCUT2D eigenvalue weighted by Crippen LogP contribution is 2.39. The Hall–Kier alpha value is -1.83. The molecule has 0 aliphatic heterocycles. The number of H-pyrrole nitrogens is 1. The van der Waals surface area contributed by atoms with Crippen LogP contribution in [0.1, 0.15) is 12.5 Å². The largest absolute Gasteiger partial charge is 0.417 e. The van der Waals surface area contributed by atoms with Crippen LogP contribution in [0.5, 0.6) is 0 Å². The van der Waals surface area contributed by atoms with E-state index in [1.54, 1.807) is 0 Å². The Kier molecular flexibility index (Phi) is 3.59. The molecule has 4 nitrogen and oxygen atoms in total. The number of rotatable bonds is 3. The minimum Gasteiger partial charge on any atom is -0.345 e. The Morgan fingerprint density at radius 3 is 2.50 bits per heavy atom. The molecule has 2 aromatic rings. The summed E-state index contributed by atoms with van der Waals surface area (Å²) in [5, 5.41) is 0. The summed E-state index contributed by atoms with van der Waals surface area (Å²) in [6.45, 7) is 1.38. The molecule has 0 aliphatic rings. The molecule has 0 saturated heterocycles. The topological polar surface area (TPSA) is 62.8 Å². The third-order valence-corrected chi connectivity index (χ3v) is 4.55. The molecule has 0 amide bonds. The third-order valence-electron chi connectivity index (χ3n) is 2.78. The van der Waals surface area contributed by atoms with Crippen LogP contribution >= 0.6 is 0 Å². The number of halogens is 3. The minimum atomic E-state index is -4.67. The Bertz CT molecular complexity index is 707. The van der Waals surface area contributed by atoms with Crippen molar-refractivity contribution in [2.75, 3.05) is 5.75 Å². The first kappa shape index (κ1) is 14.6. The van der Waals surface area contributed by atoms with Gasteiger partial charge in [0.05, 0.1) is 16.2 Å². The fourth-order valence-electron chi connectivity index (χ4n) is 1.83. The normalized spacial score (nSPS) is 12.6. The van der Waals surface area contributed by atoms with Crippen molar-refractivity contribution in [3.63, 3.8) is 0 Å². The first-order valence-corrected chi connectivity index (χ1v) is 7.35. The average Bonchev–Trinajstić information content (AvgIpc) is 2.90. The summed E-state index contributed by atoms with van der Waals surface area (Å²) in [7, 11) is -3.80. The van der Waals surface area contributed by atoms with Gasteiger partial charge in [-0.2, -0.15) is 13.2 Å². The predicted molar refractivity (Wildman–Crippen MR) is 66.8 cm³/mol. The predicted octanol–water partition coefficient (Wildman–Crippen LogP) is 2.89. The van der Waals surface area contributed by atoms with Crippen molar-refractivity contribution >= 4 is 9.84 Å². The van der Waals surface area contributed by atoms with E-state index < -0.39 is 27.1 Å². The summed E-state index contributed by atoms with van der Waals surface area (Å²) in [6, 6.07) is 3.08. The standard InChI is InChI=1S/C12H11F3N2O2S/c1-2-20(18,19)9-5-3-4-8(12(13,14)15)10(9)11-16-6-7-17-11/h3-7H,2H2,1H3,(H,16,17). The molecule has 0 radical (unpaired) electrons. The van der Waals surface area contributed by atoms with Gasteiger partial charge in [0, 0.05) is 18.0 Å². The zero-order valence-electron chi connectivity index (χ0n) is 10.4. The van der Waals surface area contributed by atoms with Crippen molar-refractivity contribution in [3.05, 3.63) is 36.2 Å². The number of benzene rings is 1. The summed E-state index contributed by atoms with van der Waals surface area (Å²) in [5.41, 5.74) is -1.46.